The first-order valence-electron chi connectivity index (χ1n) is 26.6. The maximum atomic E-state index is 15.4. The van der Waals surface area contributed by atoms with Crippen molar-refractivity contribution in [1.82, 2.24) is 9.80 Å². The number of carbonyl (C=O) groups excluding carboxylic acids is 2. The highest BCUT2D eigenvalue weighted by Gasteiger charge is 2.51. The zero-order valence-electron chi connectivity index (χ0n) is 43.1. The average molecular weight is 913 g/mol. The highest BCUT2D eigenvalue weighted by molar-refractivity contribution is 7.15. The van der Waals surface area contributed by atoms with Gasteiger partial charge in [0.05, 0.1) is 21.7 Å². The van der Waals surface area contributed by atoms with Gasteiger partial charge in [0.25, 0.3) is 11.8 Å². The Morgan fingerprint density at radius 2 is 1.05 bits per heavy atom. The largest absolute Gasteiger partial charge is 0.506 e. The minimum absolute atomic E-state index is 0.01000. The summed E-state index contributed by atoms with van der Waals surface area (Å²) in [4.78, 5) is 36.9. The number of hydrogen-bond acceptors (Lipinski definition) is 5. The van der Waals surface area contributed by atoms with Gasteiger partial charge in [0.2, 0.25) is 0 Å². The van der Waals surface area contributed by atoms with Gasteiger partial charge in [-0.25, -0.2) is 0 Å². The monoisotopic (exact) mass is 913 g/mol. The molecule has 2 aromatic rings. The van der Waals surface area contributed by atoms with Crippen LogP contribution < -0.4 is 0 Å². The number of amides is 2. The van der Waals surface area contributed by atoms with Gasteiger partial charge in [0.1, 0.15) is 17.2 Å². The van der Waals surface area contributed by atoms with Crippen LogP contribution in [0.5, 0.6) is 0 Å². The van der Waals surface area contributed by atoms with Gasteiger partial charge in [-0.3, -0.25) is 9.59 Å². The molecule has 0 fully saturated rings. The Balaban J connectivity index is 1.85. The van der Waals surface area contributed by atoms with Crippen LogP contribution in [0.4, 0.5) is 0 Å². The van der Waals surface area contributed by atoms with Crippen LogP contribution in [0.25, 0.3) is 16.3 Å². The van der Waals surface area contributed by atoms with E-state index in [9.17, 15) is 5.11 Å². The summed E-state index contributed by atoms with van der Waals surface area (Å²) >= 11 is 1.73. The summed E-state index contributed by atoms with van der Waals surface area (Å²) in [5.74, 6) is 1.42. The minimum Gasteiger partial charge on any atom is -0.506 e. The Morgan fingerprint density at radius 3 is 1.52 bits per heavy atom. The molecule has 0 spiro atoms. The predicted molar refractivity (Wildman–Crippen MR) is 278 cm³/mol. The minimum atomic E-state index is -0.193. The smallest absolute Gasteiger partial charge is 0.261 e. The van der Waals surface area contributed by atoms with Crippen LogP contribution in [0.1, 0.15) is 234 Å². The third-order valence-electron chi connectivity index (χ3n) is 13.4. The molecule has 4 rings (SSSR count). The van der Waals surface area contributed by atoms with E-state index in [-0.39, 0.29) is 40.2 Å². The SMILES string of the molecule is CCCCCCCCC(CCCCCC)CN1C(=O)C2=C(c3ccc(-c4ccc(C(C)(C)C)s4)o3)N(CC(CCCCCC)CCCCCCCC)C(=O)C2=C1/C(O)=C/C=C/C(C)(C)C. The maximum absolute atomic E-state index is 15.4. The molecule has 0 aliphatic carbocycles. The highest BCUT2D eigenvalue weighted by atomic mass is 32.1. The molecule has 7 heteroatoms. The molecule has 364 valence electrons. The molecule has 0 bridgehead atoms. The first-order chi connectivity index (χ1) is 31.1. The Morgan fingerprint density at radius 1 is 0.600 bits per heavy atom. The molecule has 0 radical (unpaired) electrons. The Kier molecular flexibility index (Phi) is 23.0. The molecule has 0 saturated heterocycles. The average Bonchev–Trinajstić information content (AvgIpc) is 4.05. The van der Waals surface area contributed by atoms with Crippen molar-refractivity contribution in [2.24, 2.45) is 17.3 Å². The van der Waals surface area contributed by atoms with E-state index in [1.807, 2.05) is 23.1 Å². The van der Waals surface area contributed by atoms with Gasteiger partial charge in [0.15, 0.2) is 5.76 Å². The summed E-state index contributed by atoms with van der Waals surface area (Å²) in [6.07, 6.45) is 33.9. The summed E-state index contributed by atoms with van der Waals surface area (Å²) in [6.45, 7) is 23.1. The fourth-order valence-corrected chi connectivity index (χ4v) is 10.6. The Bertz CT molecular complexity index is 1880. The lowest BCUT2D eigenvalue weighted by Gasteiger charge is -2.29. The number of fused-ring (bicyclic) bond motifs is 1. The van der Waals surface area contributed by atoms with Crippen molar-refractivity contribution in [3.05, 3.63) is 75.7 Å². The van der Waals surface area contributed by atoms with Crippen molar-refractivity contribution in [3.63, 3.8) is 0 Å². The van der Waals surface area contributed by atoms with Gasteiger partial charge >= 0.3 is 0 Å². The number of hydrogen-bond donors (Lipinski definition) is 1. The number of allylic oxidation sites excluding steroid dienone is 3. The van der Waals surface area contributed by atoms with Crippen LogP contribution in [0.3, 0.4) is 0 Å². The molecule has 2 aliphatic rings. The summed E-state index contributed by atoms with van der Waals surface area (Å²) in [5.41, 5.74) is 1.57. The summed E-state index contributed by atoms with van der Waals surface area (Å²) in [6, 6.07) is 8.28. The van der Waals surface area contributed by atoms with Gasteiger partial charge in [0, 0.05) is 18.0 Å². The zero-order valence-corrected chi connectivity index (χ0v) is 43.9. The molecule has 65 heavy (non-hydrogen) atoms. The molecule has 1 N–H and O–H groups in total. The van der Waals surface area contributed by atoms with Crippen LogP contribution in [-0.4, -0.2) is 39.8 Å². The van der Waals surface area contributed by atoms with Gasteiger partial charge in [-0.05, 0) is 78.7 Å². The van der Waals surface area contributed by atoms with Crippen LogP contribution in [-0.2, 0) is 15.0 Å². The van der Waals surface area contributed by atoms with Gasteiger partial charge in [-0.15, -0.1) is 11.3 Å². The molecule has 2 atom stereocenters. The van der Waals surface area contributed by atoms with Crippen molar-refractivity contribution in [3.8, 4) is 10.6 Å². The number of nitrogens with zero attached hydrogens (tertiary/aromatic N) is 2. The molecular formula is C58H92N2O4S. The van der Waals surface area contributed by atoms with E-state index in [0.717, 1.165) is 62.0 Å². The fraction of sp³-hybridized carbons (Fsp3) is 0.690. The maximum Gasteiger partial charge on any atom is 0.261 e. The molecular weight excluding hydrogens is 821 g/mol. The van der Waals surface area contributed by atoms with Gasteiger partial charge < -0.3 is 19.3 Å². The van der Waals surface area contributed by atoms with E-state index in [4.69, 9.17) is 4.42 Å². The number of unbranched alkanes of at least 4 members (excludes halogenated alkanes) is 16. The third kappa shape index (κ3) is 16.8. The summed E-state index contributed by atoms with van der Waals surface area (Å²) < 4.78 is 6.81. The first-order valence-corrected chi connectivity index (χ1v) is 27.4. The second-order valence-electron chi connectivity index (χ2n) is 21.7. The zero-order chi connectivity index (χ0) is 47.4. The summed E-state index contributed by atoms with van der Waals surface area (Å²) in [5, 5.41) is 12.2. The lowest BCUT2D eigenvalue weighted by molar-refractivity contribution is -0.125. The Labute approximate surface area is 401 Å². The van der Waals surface area contributed by atoms with E-state index >= 15 is 9.59 Å². The van der Waals surface area contributed by atoms with E-state index in [2.05, 4.69) is 87.4 Å². The molecule has 2 aliphatic heterocycles. The normalized spacial score (nSPS) is 16.1. The van der Waals surface area contributed by atoms with Gasteiger partial charge in [-0.1, -0.05) is 210 Å². The third-order valence-corrected chi connectivity index (χ3v) is 15.0. The molecule has 2 unspecified atom stereocenters. The first kappa shape index (κ1) is 54.3. The quantitative estimate of drug-likeness (QED) is 0.0451. The second kappa shape index (κ2) is 27.5. The molecule has 2 aromatic heterocycles. The number of thiophene rings is 1. The van der Waals surface area contributed by atoms with E-state index < -0.39 is 0 Å². The molecule has 0 aromatic carbocycles. The summed E-state index contributed by atoms with van der Waals surface area (Å²) in [7, 11) is 0. The van der Waals surface area contributed by atoms with Crippen molar-refractivity contribution in [2.75, 3.05) is 13.1 Å². The molecule has 6 nitrogen and oxygen atoms in total. The molecule has 0 saturated carbocycles. The van der Waals surface area contributed by atoms with Crippen molar-refractivity contribution in [2.45, 2.75) is 229 Å². The van der Waals surface area contributed by atoms with E-state index in [1.165, 1.54) is 108 Å². The lowest BCUT2D eigenvalue weighted by Crippen LogP contribution is -2.35. The standard InChI is InChI=1S/C58H92N2O4S/c1-11-15-19-23-25-29-34-44(32-27-21-17-13-3)42-59-53(46(61)36-31-41-57(5,6)7)51-52(56(59)63)54(48-38-37-47(64-48)49-39-40-50(65-49)58(8,9)10)60(55(51)62)43-45(33-28-22-18-14-4)35-30-26-24-20-16-12-2/h31,36-41,44-45,61H,11-30,32-35,42-43H2,1-10H3/b41-31+,46-36-. The van der Waals surface area contributed by atoms with Crippen molar-refractivity contribution >= 4 is 28.8 Å². The molecule has 4 heterocycles. The van der Waals surface area contributed by atoms with Crippen LogP contribution in [0.2, 0.25) is 0 Å². The van der Waals surface area contributed by atoms with Crippen LogP contribution in [0, 0.1) is 17.3 Å². The van der Waals surface area contributed by atoms with Crippen LogP contribution >= 0.6 is 11.3 Å². The predicted octanol–water partition coefficient (Wildman–Crippen LogP) is 17.7. The number of furan rings is 1. The van der Waals surface area contributed by atoms with E-state index in [1.54, 1.807) is 22.3 Å². The topological polar surface area (TPSA) is 74.0 Å². The van der Waals surface area contributed by atoms with E-state index in [0.29, 0.717) is 41.4 Å². The van der Waals surface area contributed by atoms with Crippen LogP contribution in [0.15, 0.2) is 69.5 Å². The highest BCUT2D eigenvalue weighted by Crippen LogP contribution is 2.48. The van der Waals surface area contributed by atoms with Crippen molar-refractivity contribution in [1.29, 1.82) is 0 Å². The van der Waals surface area contributed by atoms with Gasteiger partial charge in [-0.2, -0.15) is 0 Å². The molecule has 2 amide bonds. The lowest BCUT2D eigenvalue weighted by atomic mass is 9.93. The number of rotatable bonds is 32. The van der Waals surface area contributed by atoms with Crippen molar-refractivity contribution < 1.29 is 19.1 Å². The second-order valence-corrected chi connectivity index (χ2v) is 22.8. The Hall–Kier alpha value is -3.32. The number of aliphatic hydroxyl groups is 1. The fourth-order valence-electron chi connectivity index (χ4n) is 9.56. The number of aliphatic hydroxyl groups excluding tert-OH is 1. The number of carbonyl (C=O) groups is 2.